The predicted octanol–water partition coefficient (Wildman–Crippen LogP) is 10.5. The van der Waals surface area contributed by atoms with E-state index in [1.807, 2.05) is 59.5 Å². The lowest BCUT2D eigenvalue weighted by molar-refractivity contribution is -0.384. The summed E-state index contributed by atoms with van der Waals surface area (Å²) in [7, 11) is 0. The molecule has 14 heteroatoms. The van der Waals surface area contributed by atoms with Crippen LogP contribution in [0, 0.1) is 33.8 Å². The molecule has 2 saturated carbocycles. The lowest BCUT2D eigenvalue weighted by atomic mass is 9.55. The number of nitrogens with zero attached hydrogens (tertiary/aromatic N) is 3. The van der Waals surface area contributed by atoms with Gasteiger partial charge >= 0.3 is 0 Å². The maximum atomic E-state index is 15.1. The summed E-state index contributed by atoms with van der Waals surface area (Å²) in [6.45, 7) is 4.74. The monoisotopic (exact) mass is 949 g/mol. The van der Waals surface area contributed by atoms with Crippen molar-refractivity contribution < 1.29 is 48.5 Å². The van der Waals surface area contributed by atoms with Crippen LogP contribution in [0.3, 0.4) is 0 Å². The molecule has 0 aromatic heterocycles. The van der Waals surface area contributed by atoms with E-state index >= 15 is 4.79 Å². The zero-order valence-electron chi connectivity index (χ0n) is 39.2. The molecule has 0 radical (unpaired) electrons. The molecule has 14 nitrogen and oxygen atoms in total. The zero-order valence-corrected chi connectivity index (χ0v) is 39.2. The van der Waals surface area contributed by atoms with Crippen LogP contribution in [0.1, 0.15) is 80.4 Å². The van der Waals surface area contributed by atoms with E-state index < -0.39 is 22.7 Å². The Labute approximate surface area is 407 Å². The van der Waals surface area contributed by atoms with E-state index in [1.165, 1.54) is 12.1 Å². The summed E-state index contributed by atoms with van der Waals surface area (Å²) in [5, 5.41) is 38.7. The predicted molar refractivity (Wildman–Crippen MR) is 263 cm³/mol. The molecule has 0 bridgehead atoms. The number of carbonyl (C=O) groups excluding carboxylic acids is 1. The topological polar surface area (TPSA) is 172 Å². The molecule has 3 aliphatic carbocycles. The number of carbonyl (C=O) groups is 1. The largest absolute Gasteiger partial charge is 0.459 e. The van der Waals surface area contributed by atoms with Gasteiger partial charge in [-0.25, -0.2) is 0 Å². The summed E-state index contributed by atoms with van der Waals surface area (Å²) in [6.07, 6.45) is 10.2. The molecule has 10 rings (SSSR count). The second-order valence-electron chi connectivity index (χ2n) is 19.0. The van der Waals surface area contributed by atoms with Crippen LogP contribution in [-0.2, 0) is 27.5 Å². The van der Waals surface area contributed by atoms with Gasteiger partial charge in [-0.2, -0.15) is 0 Å². The van der Waals surface area contributed by atoms with Gasteiger partial charge in [0.05, 0.1) is 23.2 Å². The highest BCUT2D eigenvalue weighted by Crippen LogP contribution is 2.62. The third-order valence-corrected chi connectivity index (χ3v) is 14.5. The van der Waals surface area contributed by atoms with Crippen molar-refractivity contribution in [3.05, 3.63) is 154 Å². The molecular formula is C56H59N3O11. The molecule has 2 fully saturated rings. The van der Waals surface area contributed by atoms with Gasteiger partial charge in [0.1, 0.15) is 29.9 Å². The van der Waals surface area contributed by atoms with Gasteiger partial charge in [-0.3, -0.25) is 14.9 Å². The number of nitro groups is 1. The fourth-order valence-electron chi connectivity index (χ4n) is 11.1. The minimum absolute atomic E-state index is 0.00624. The van der Waals surface area contributed by atoms with Gasteiger partial charge in [0, 0.05) is 55.7 Å². The molecule has 0 spiro atoms. The standard InChI is InChI=1S/C56H59N3O11/c1-2-27-67-56-52(58(55(62)39-16-17-39)33-37-15-23-50-51(28-37)66-35-65-50)32-48(57-68-34-36-13-19-42(20-14-36)59(63)64)46-30-41(11-5-7-25-60)45(12-6-8-26-61)53(54(46)56)47-31-44(22-24-49(47)70-56)69-43-21-18-38-9-3-4-10-40(38)29-43/h2-4,9-10,13-15,18-24,28-31,39,41,45,52-54,60-61H,1,5-8,11-12,16-17,25-27,32-35H2/t41-,45+,52-,53+,54+,56+/m0/s1. The molecule has 5 aromatic carbocycles. The number of benzene rings is 5. The first kappa shape index (κ1) is 47.0. The number of oxime groups is 1. The van der Waals surface area contributed by atoms with Crippen molar-refractivity contribution in [2.24, 2.45) is 28.8 Å². The van der Waals surface area contributed by atoms with E-state index in [0.717, 1.165) is 66.0 Å². The van der Waals surface area contributed by atoms with Crippen LogP contribution in [0.4, 0.5) is 5.69 Å². The fraction of sp³-hybridized carbons (Fsp3) is 0.393. The van der Waals surface area contributed by atoms with Crippen molar-refractivity contribution in [3.8, 4) is 28.7 Å². The number of hydrogen-bond donors (Lipinski definition) is 2. The highest BCUT2D eigenvalue weighted by atomic mass is 16.7. The Hall–Kier alpha value is -6.74. The number of non-ortho nitro benzene ring substituents is 1. The average molecular weight is 950 g/mol. The summed E-state index contributed by atoms with van der Waals surface area (Å²) in [4.78, 5) is 34.3. The van der Waals surface area contributed by atoms with Gasteiger partial charge in [0.25, 0.3) is 5.69 Å². The molecular weight excluding hydrogens is 891 g/mol. The SMILES string of the molecule is C=CCO[C@@]12Oc3ccc(Oc4ccc5ccccc5c4)cc3[C@H]3[C@H](CCCCO)[C@@H](CCCCO)C=C(C(=NOCc4ccc([N+](=O)[O-])cc4)C[C@@H]1N(Cc1ccc4c(c1)OCO4)C(=O)C1CC1)[C@H]32. The van der Waals surface area contributed by atoms with Crippen LogP contribution >= 0.6 is 0 Å². The van der Waals surface area contributed by atoms with Crippen molar-refractivity contribution in [1.82, 2.24) is 4.90 Å². The Morgan fingerprint density at radius 1 is 0.857 bits per heavy atom. The number of amides is 1. The molecule has 2 aliphatic heterocycles. The normalized spacial score (nSPS) is 23.4. The van der Waals surface area contributed by atoms with E-state index in [2.05, 4.69) is 36.9 Å². The minimum atomic E-state index is -1.46. The third-order valence-electron chi connectivity index (χ3n) is 14.5. The van der Waals surface area contributed by atoms with E-state index in [4.69, 9.17) is 33.7 Å². The van der Waals surface area contributed by atoms with Gasteiger partial charge in [0.2, 0.25) is 18.5 Å². The summed E-state index contributed by atoms with van der Waals surface area (Å²) in [5.74, 6) is 0.802. The lowest BCUT2D eigenvalue weighted by Gasteiger charge is -2.60. The van der Waals surface area contributed by atoms with Crippen molar-refractivity contribution in [2.75, 3.05) is 26.6 Å². The Kier molecular flexibility index (Phi) is 13.9. The number of allylic oxidation sites excluding steroid dienone is 1. The van der Waals surface area contributed by atoms with Gasteiger partial charge < -0.3 is 43.6 Å². The summed E-state index contributed by atoms with van der Waals surface area (Å²) < 4.78 is 32.9. The molecule has 5 aliphatic rings. The average Bonchev–Trinajstić information content (AvgIpc) is 4.13. The first-order valence-corrected chi connectivity index (χ1v) is 24.6. The van der Waals surface area contributed by atoms with Crippen molar-refractivity contribution in [2.45, 2.75) is 88.7 Å². The van der Waals surface area contributed by atoms with E-state index in [-0.39, 0.29) is 81.5 Å². The number of unbranched alkanes of at least 4 members (excludes halogenated alkanes) is 2. The molecule has 364 valence electrons. The summed E-state index contributed by atoms with van der Waals surface area (Å²) in [5.41, 5.74) is 4.02. The van der Waals surface area contributed by atoms with Crippen LogP contribution in [-0.4, -0.2) is 70.1 Å². The smallest absolute Gasteiger partial charge is 0.269 e. The maximum absolute atomic E-state index is 15.1. The molecule has 0 unspecified atom stereocenters. The summed E-state index contributed by atoms with van der Waals surface area (Å²) in [6, 6.07) is 31.4. The van der Waals surface area contributed by atoms with Crippen LogP contribution in [0.2, 0.25) is 0 Å². The first-order chi connectivity index (χ1) is 34.3. The minimum Gasteiger partial charge on any atom is -0.459 e. The number of rotatable bonds is 21. The Balaban J connectivity index is 1.14. The number of aliphatic hydroxyl groups is 2. The lowest BCUT2D eigenvalue weighted by Crippen LogP contribution is -2.70. The first-order valence-electron chi connectivity index (χ1n) is 24.6. The quantitative estimate of drug-likeness (QED) is 0.0310. The number of ether oxygens (including phenoxy) is 5. The van der Waals surface area contributed by atoms with Gasteiger partial charge in [-0.1, -0.05) is 66.5 Å². The van der Waals surface area contributed by atoms with Gasteiger partial charge in [-0.05, 0) is 132 Å². The van der Waals surface area contributed by atoms with E-state index in [0.29, 0.717) is 52.9 Å². The molecule has 70 heavy (non-hydrogen) atoms. The Bertz CT molecular complexity index is 2790. The van der Waals surface area contributed by atoms with Crippen LogP contribution in [0.25, 0.3) is 10.8 Å². The highest BCUT2D eigenvalue weighted by molar-refractivity contribution is 6.03. The van der Waals surface area contributed by atoms with Crippen LogP contribution in [0.5, 0.6) is 28.7 Å². The number of nitro benzene ring substituents is 1. The van der Waals surface area contributed by atoms with Crippen LogP contribution in [0.15, 0.2) is 133 Å². The molecule has 6 atom stereocenters. The summed E-state index contributed by atoms with van der Waals surface area (Å²) >= 11 is 0. The van der Waals surface area contributed by atoms with E-state index in [1.54, 1.807) is 18.2 Å². The molecule has 5 aromatic rings. The van der Waals surface area contributed by atoms with Crippen molar-refractivity contribution in [1.29, 1.82) is 0 Å². The second-order valence-corrected chi connectivity index (χ2v) is 19.0. The van der Waals surface area contributed by atoms with Crippen molar-refractivity contribution >= 4 is 28.1 Å². The van der Waals surface area contributed by atoms with E-state index in [9.17, 15) is 20.3 Å². The number of fused-ring (bicyclic) bond motifs is 4. The zero-order chi connectivity index (χ0) is 48.2. The highest BCUT2D eigenvalue weighted by Gasteiger charge is 2.66. The molecule has 2 heterocycles. The molecule has 0 saturated heterocycles. The maximum Gasteiger partial charge on any atom is 0.269 e. The number of aliphatic hydroxyl groups excluding tert-OH is 2. The van der Waals surface area contributed by atoms with Gasteiger partial charge in [0.15, 0.2) is 11.5 Å². The molecule has 1 amide bonds. The molecule has 2 N–H and O–H groups in total. The Morgan fingerprint density at radius 2 is 1.59 bits per heavy atom. The second kappa shape index (κ2) is 20.7. The van der Waals surface area contributed by atoms with Gasteiger partial charge in [-0.15, -0.1) is 6.58 Å². The van der Waals surface area contributed by atoms with Crippen LogP contribution < -0.4 is 18.9 Å². The van der Waals surface area contributed by atoms with Crippen molar-refractivity contribution in [3.63, 3.8) is 0 Å². The Morgan fingerprint density at radius 3 is 2.36 bits per heavy atom. The third kappa shape index (κ3) is 9.60. The fourth-order valence-corrected chi connectivity index (χ4v) is 11.1. The number of hydrogen-bond acceptors (Lipinski definition) is 12.